The molecule has 1 heterocycles. The zero-order chi connectivity index (χ0) is 14.6. The highest BCUT2D eigenvalue weighted by molar-refractivity contribution is 5.68. The van der Waals surface area contributed by atoms with Crippen molar-refractivity contribution < 1.29 is 23.4 Å². The number of hydrogen-bond acceptors (Lipinski definition) is 4. The van der Waals surface area contributed by atoms with Crippen molar-refractivity contribution in [3.8, 4) is 5.75 Å². The highest BCUT2D eigenvalue weighted by Gasteiger charge is 2.39. The first-order chi connectivity index (χ1) is 9.46. The van der Waals surface area contributed by atoms with Crippen LogP contribution in [0.5, 0.6) is 5.75 Å². The van der Waals surface area contributed by atoms with E-state index in [9.17, 15) is 13.6 Å². The van der Waals surface area contributed by atoms with Crippen molar-refractivity contribution in [1.82, 2.24) is 4.98 Å². The van der Waals surface area contributed by atoms with Gasteiger partial charge in [-0.25, -0.2) is 18.6 Å². The Bertz CT molecular complexity index is 482. The number of halogens is 2. The smallest absolute Gasteiger partial charge is 0.341 e. The van der Waals surface area contributed by atoms with Crippen LogP contribution in [0.4, 0.5) is 14.6 Å². The summed E-state index contributed by atoms with van der Waals surface area (Å²) < 4.78 is 31.2. The lowest BCUT2D eigenvalue weighted by Crippen LogP contribution is -2.17. The first-order valence-electron chi connectivity index (χ1n) is 6.37. The van der Waals surface area contributed by atoms with Crippen LogP contribution in [0, 0.1) is 5.92 Å². The van der Waals surface area contributed by atoms with Crippen molar-refractivity contribution >= 4 is 11.8 Å². The second-order valence-electron chi connectivity index (χ2n) is 4.88. The van der Waals surface area contributed by atoms with Gasteiger partial charge in [0.1, 0.15) is 0 Å². The highest BCUT2D eigenvalue weighted by atomic mass is 19.3. The number of ether oxygens (including phenoxy) is 1. The van der Waals surface area contributed by atoms with Crippen LogP contribution in [0.1, 0.15) is 19.3 Å². The molecule has 7 heteroatoms. The van der Waals surface area contributed by atoms with Crippen LogP contribution in [0.25, 0.3) is 0 Å². The minimum Gasteiger partial charge on any atom is -0.479 e. The SMILES string of the molecule is O=C(O)COc1cccnc1NCC1CCC(F)(F)C1. The monoisotopic (exact) mass is 286 g/mol. The topological polar surface area (TPSA) is 71.5 Å². The van der Waals surface area contributed by atoms with Gasteiger partial charge in [-0.2, -0.15) is 0 Å². The lowest BCUT2D eigenvalue weighted by molar-refractivity contribution is -0.139. The summed E-state index contributed by atoms with van der Waals surface area (Å²) in [5, 5.41) is 11.5. The molecule has 1 atom stereocenters. The lowest BCUT2D eigenvalue weighted by Gasteiger charge is -2.14. The van der Waals surface area contributed by atoms with Crippen LogP contribution in [-0.2, 0) is 4.79 Å². The van der Waals surface area contributed by atoms with Crippen LogP contribution >= 0.6 is 0 Å². The van der Waals surface area contributed by atoms with Crippen LogP contribution in [0.3, 0.4) is 0 Å². The number of alkyl halides is 2. The van der Waals surface area contributed by atoms with E-state index in [0.717, 1.165) is 0 Å². The van der Waals surface area contributed by atoms with Gasteiger partial charge in [0, 0.05) is 25.6 Å². The van der Waals surface area contributed by atoms with E-state index in [2.05, 4.69) is 10.3 Å². The second kappa shape index (κ2) is 6.02. The lowest BCUT2D eigenvalue weighted by atomic mass is 10.1. The van der Waals surface area contributed by atoms with E-state index >= 15 is 0 Å². The van der Waals surface area contributed by atoms with Gasteiger partial charge < -0.3 is 15.2 Å². The van der Waals surface area contributed by atoms with Gasteiger partial charge in [-0.1, -0.05) is 0 Å². The van der Waals surface area contributed by atoms with Crippen molar-refractivity contribution in [2.45, 2.75) is 25.2 Å². The number of carbonyl (C=O) groups is 1. The summed E-state index contributed by atoms with van der Waals surface area (Å²) >= 11 is 0. The molecule has 0 bridgehead atoms. The zero-order valence-corrected chi connectivity index (χ0v) is 10.8. The minimum atomic E-state index is -2.57. The molecular weight excluding hydrogens is 270 g/mol. The Morgan fingerprint density at radius 2 is 2.40 bits per heavy atom. The van der Waals surface area contributed by atoms with E-state index in [-0.39, 0.29) is 18.8 Å². The van der Waals surface area contributed by atoms with Crippen LogP contribution in [0.2, 0.25) is 0 Å². The number of nitrogens with one attached hydrogen (secondary N) is 1. The van der Waals surface area contributed by atoms with E-state index in [1.165, 1.54) is 6.20 Å². The summed E-state index contributed by atoms with van der Waals surface area (Å²) in [6, 6.07) is 3.20. The van der Waals surface area contributed by atoms with E-state index in [0.29, 0.717) is 24.5 Å². The molecule has 2 N–H and O–H groups in total. The summed E-state index contributed by atoms with van der Waals surface area (Å²) in [7, 11) is 0. The number of hydrogen-bond donors (Lipinski definition) is 2. The molecule has 1 unspecified atom stereocenters. The van der Waals surface area contributed by atoms with Gasteiger partial charge in [-0.15, -0.1) is 0 Å². The molecular formula is C13H16F2N2O3. The van der Waals surface area contributed by atoms with Crippen LogP contribution in [0.15, 0.2) is 18.3 Å². The molecule has 0 amide bonds. The molecule has 2 rings (SSSR count). The Hall–Kier alpha value is -1.92. The molecule has 1 aromatic rings. The molecule has 1 aromatic heterocycles. The van der Waals surface area contributed by atoms with E-state index in [4.69, 9.17) is 9.84 Å². The Morgan fingerprint density at radius 1 is 1.60 bits per heavy atom. The van der Waals surface area contributed by atoms with Gasteiger partial charge >= 0.3 is 5.97 Å². The fraction of sp³-hybridized carbons (Fsp3) is 0.538. The molecule has 1 saturated carbocycles. The first kappa shape index (κ1) is 14.5. The molecule has 0 spiro atoms. The Labute approximate surface area is 115 Å². The Balaban J connectivity index is 1.91. The van der Waals surface area contributed by atoms with Crippen molar-refractivity contribution in [3.63, 3.8) is 0 Å². The van der Waals surface area contributed by atoms with Gasteiger partial charge in [0.15, 0.2) is 18.2 Å². The third-order valence-electron chi connectivity index (χ3n) is 3.19. The van der Waals surface area contributed by atoms with Crippen LogP contribution in [-0.4, -0.2) is 35.1 Å². The highest BCUT2D eigenvalue weighted by Crippen LogP contribution is 2.38. The number of aliphatic carboxylic acids is 1. The fourth-order valence-electron chi connectivity index (χ4n) is 2.24. The third kappa shape index (κ3) is 4.04. The molecule has 110 valence electrons. The van der Waals surface area contributed by atoms with Gasteiger partial charge in [-0.05, 0) is 24.5 Å². The summed E-state index contributed by atoms with van der Waals surface area (Å²) in [6.45, 7) is -0.0993. The van der Waals surface area contributed by atoms with Gasteiger partial charge in [0.05, 0.1) is 0 Å². The predicted molar refractivity (Wildman–Crippen MR) is 68.1 cm³/mol. The predicted octanol–water partition coefficient (Wildman–Crippen LogP) is 2.39. The van der Waals surface area contributed by atoms with Gasteiger partial charge in [0.25, 0.3) is 0 Å². The summed E-state index contributed by atoms with van der Waals surface area (Å²) in [6.07, 6.45) is 1.79. The quantitative estimate of drug-likeness (QED) is 0.840. The maximum atomic E-state index is 13.1. The molecule has 1 fully saturated rings. The molecule has 0 aliphatic heterocycles. The van der Waals surface area contributed by atoms with Crippen molar-refractivity contribution in [1.29, 1.82) is 0 Å². The number of anilines is 1. The fourth-order valence-corrected chi connectivity index (χ4v) is 2.24. The molecule has 0 saturated heterocycles. The first-order valence-corrected chi connectivity index (χ1v) is 6.37. The minimum absolute atomic E-state index is 0.0794. The zero-order valence-electron chi connectivity index (χ0n) is 10.8. The number of rotatable bonds is 6. The van der Waals surface area contributed by atoms with E-state index in [1.807, 2.05) is 0 Å². The van der Waals surface area contributed by atoms with Crippen LogP contribution < -0.4 is 10.1 Å². The number of pyridine rings is 1. The largest absolute Gasteiger partial charge is 0.479 e. The summed E-state index contributed by atoms with van der Waals surface area (Å²) in [4.78, 5) is 14.5. The Kier molecular flexibility index (Phi) is 4.36. The molecule has 0 radical (unpaired) electrons. The maximum absolute atomic E-state index is 13.1. The summed E-state index contributed by atoms with van der Waals surface area (Å²) in [5.41, 5.74) is 0. The average Bonchev–Trinajstić information content (AvgIpc) is 2.74. The molecule has 1 aliphatic carbocycles. The molecule has 0 aromatic carbocycles. The maximum Gasteiger partial charge on any atom is 0.341 e. The van der Waals surface area contributed by atoms with Crippen molar-refractivity contribution in [2.75, 3.05) is 18.5 Å². The van der Waals surface area contributed by atoms with Crippen molar-refractivity contribution in [3.05, 3.63) is 18.3 Å². The number of aromatic nitrogens is 1. The Morgan fingerprint density at radius 3 is 3.05 bits per heavy atom. The van der Waals surface area contributed by atoms with Gasteiger partial charge in [-0.3, -0.25) is 0 Å². The summed E-state index contributed by atoms with van der Waals surface area (Å²) in [5.74, 6) is -3.09. The molecule has 20 heavy (non-hydrogen) atoms. The van der Waals surface area contributed by atoms with E-state index in [1.54, 1.807) is 12.1 Å². The third-order valence-corrected chi connectivity index (χ3v) is 3.19. The average molecular weight is 286 g/mol. The molecule has 5 nitrogen and oxygen atoms in total. The van der Waals surface area contributed by atoms with Gasteiger partial charge in [0.2, 0.25) is 5.92 Å². The normalized spacial score (nSPS) is 20.6. The number of carboxylic acid groups (broad SMARTS) is 1. The van der Waals surface area contributed by atoms with E-state index < -0.39 is 18.5 Å². The second-order valence-corrected chi connectivity index (χ2v) is 4.88. The van der Waals surface area contributed by atoms with Crippen molar-refractivity contribution in [2.24, 2.45) is 5.92 Å². The number of carboxylic acids is 1. The number of nitrogens with zero attached hydrogens (tertiary/aromatic N) is 1. The standard InChI is InChI=1S/C13H16F2N2O3/c14-13(15)4-3-9(6-13)7-17-12-10(2-1-5-16-12)20-8-11(18)19/h1-2,5,9H,3-4,6-8H2,(H,16,17)(H,18,19). The molecule has 1 aliphatic rings.